The predicted octanol–water partition coefficient (Wildman–Crippen LogP) is 2.89. The van der Waals surface area contributed by atoms with Crippen molar-refractivity contribution in [2.75, 3.05) is 32.7 Å². The first-order chi connectivity index (χ1) is 11.3. The third-order valence-electron chi connectivity index (χ3n) is 5.12. The van der Waals surface area contributed by atoms with E-state index in [2.05, 4.69) is 40.5 Å². The molecule has 1 aliphatic carbocycles. The molecule has 2 aliphatic rings. The van der Waals surface area contributed by atoms with Gasteiger partial charge in [0.2, 0.25) is 0 Å². The average Bonchev–Trinajstić information content (AvgIpc) is 3.09. The maximum atomic E-state index is 12.3. The van der Waals surface area contributed by atoms with Crippen LogP contribution >= 0.6 is 0 Å². The Balaban J connectivity index is 1.32. The Morgan fingerprint density at radius 2 is 1.74 bits per heavy atom. The lowest BCUT2D eigenvalue weighted by Gasteiger charge is -2.35. The normalized spacial score (nSPS) is 19.9. The van der Waals surface area contributed by atoms with Crippen LogP contribution in [0.5, 0.6) is 0 Å². The Morgan fingerprint density at radius 1 is 1.04 bits per heavy atom. The molecule has 1 aliphatic heterocycles. The van der Waals surface area contributed by atoms with Crippen molar-refractivity contribution in [3.05, 3.63) is 35.9 Å². The molecule has 2 amide bonds. The molecule has 1 saturated heterocycles. The van der Waals surface area contributed by atoms with E-state index in [1.165, 1.54) is 24.8 Å². The zero-order chi connectivity index (χ0) is 15.9. The zero-order valence-corrected chi connectivity index (χ0v) is 14.0. The topological polar surface area (TPSA) is 35.6 Å². The van der Waals surface area contributed by atoms with Crippen LogP contribution in [-0.2, 0) is 6.42 Å². The minimum Gasteiger partial charge on any atom is -0.335 e. The van der Waals surface area contributed by atoms with Gasteiger partial charge in [0.25, 0.3) is 0 Å². The minimum atomic E-state index is 0.154. The van der Waals surface area contributed by atoms with E-state index in [-0.39, 0.29) is 6.03 Å². The summed E-state index contributed by atoms with van der Waals surface area (Å²) in [7, 11) is 0. The van der Waals surface area contributed by atoms with Gasteiger partial charge in [-0.2, -0.15) is 0 Å². The van der Waals surface area contributed by atoms with Crippen LogP contribution in [0.15, 0.2) is 30.3 Å². The van der Waals surface area contributed by atoms with Gasteiger partial charge in [0, 0.05) is 32.2 Å². The van der Waals surface area contributed by atoms with Crippen molar-refractivity contribution in [3.8, 4) is 0 Å². The summed E-state index contributed by atoms with van der Waals surface area (Å²) in [6.07, 6.45) is 7.18. The summed E-state index contributed by atoms with van der Waals surface area (Å²) in [6.45, 7) is 4.88. The van der Waals surface area contributed by atoms with Crippen LogP contribution in [0.1, 0.15) is 37.7 Å². The molecule has 0 radical (unpaired) electrons. The molecule has 1 saturated carbocycles. The van der Waals surface area contributed by atoms with E-state index in [0.29, 0.717) is 6.04 Å². The zero-order valence-electron chi connectivity index (χ0n) is 14.0. The van der Waals surface area contributed by atoms with E-state index in [0.717, 1.165) is 52.0 Å². The van der Waals surface area contributed by atoms with E-state index in [1.54, 1.807) is 0 Å². The van der Waals surface area contributed by atoms with Gasteiger partial charge in [0.05, 0.1) is 0 Å². The highest BCUT2D eigenvalue weighted by molar-refractivity contribution is 5.74. The summed E-state index contributed by atoms with van der Waals surface area (Å²) in [5, 5.41) is 3.20. The number of carbonyl (C=O) groups is 1. The Labute approximate surface area is 139 Å². The fourth-order valence-corrected chi connectivity index (χ4v) is 3.66. The van der Waals surface area contributed by atoms with Crippen LogP contribution in [0.4, 0.5) is 4.79 Å². The van der Waals surface area contributed by atoms with Crippen molar-refractivity contribution in [2.24, 2.45) is 0 Å². The molecule has 1 aromatic rings. The summed E-state index contributed by atoms with van der Waals surface area (Å²) in [6, 6.07) is 11.3. The van der Waals surface area contributed by atoms with Crippen LogP contribution in [0.25, 0.3) is 0 Å². The molecule has 4 nitrogen and oxygen atoms in total. The van der Waals surface area contributed by atoms with Crippen LogP contribution in [-0.4, -0.2) is 54.6 Å². The third kappa shape index (κ3) is 4.96. The molecule has 2 fully saturated rings. The SMILES string of the molecule is O=C(NC1CCCC1)N1CCN(CCCc2ccccc2)CC1. The van der Waals surface area contributed by atoms with Crippen LogP contribution in [0.3, 0.4) is 0 Å². The number of rotatable bonds is 5. The lowest BCUT2D eigenvalue weighted by Crippen LogP contribution is -2.53. The number of urea groups is 1. The lowest BCUT2D eigenvalue weighted by molar-refractivity contribution is 0.136. The number of carbonyl (C=O) groups excluding carboxylic acids is 1. The number of aryl methyl sites for hydroxylation is 1. The molecule has 0 unspecified atom stereocenters. The van der Waals surface area contributed by atoms with Crippen LogP contribution < -0.4 is 5.32 Å². The largest absolute Gasteiger partial charge is 0.335 e. The predicted molar refractivity (Wildman–Crippen MR) is 93.6 cm³/mol. The van der Waals surface area contributed by atoms with Gasteiger partial charge in [0.1, 0.15) is 0 Å². The molecule has 126 valence electrons. The number of hydrogen-bond acceptors (Lipinski definition) is 2. The molecular formula is C19H29N3O. The third-order valence-corrected chi connectivity index (χ3v) is 5.12. The number of nitrogens with one attached hydrogen (secondary N) is 1. The van der Waals surface area contributed by atoms with E-state index in [4.69, 9.17) is 0 Å². The Kier molecular flexibility index (Phi) is 5.92. The molecule has 1 N–H and O–H groups in total. The van der Waals surface area contributed by atoms with Gasteiger partial charge in [-0.05, 0) is 37.8 Å². The first-order valence-electron chi connectivity index (χ1n) is 9.13. The van der Waals surface area contributed by atoms with Gasteiger partial charge in [-0.3, -0.25) is 4.90 Å². The molecular weight excluding hydrogens is 286 g/mol. The standard InChI is InChI=1S/C19H29N3O/c23-19(20-18-10-4-5-11-18)22-15-13-21(14-16-22)12-6-9-17-7-2-1-3-8-17/h1-3,7-8,18H,4-6,9-16H2,(H,20,23). The van der Waals surface area contributed by atoms with E-state index < -0.39 is 0 Å². The molecule has 1 heterocycles. The molecule has 0 aromatic heterocycles. The maximum Gasteiger partial charge on any atom is 0.317 e. The fraction of sp³-hybridized carbons (Fsp3) is 0.632. The fourth-order valence-electron chi connectivity index (χ4n) is 3.66. The molecule has 4 heteroatoms. The lowest BCUT2D eigenvalue weighted by atomic mass is 10.1. The van der Waals surface area contributed by atoms with Crippen molar-refractivity contribution in [3.63, 3.8) is 0 Å². The van der Waals surface area contributed by atoms with Gasteiger partial charge in [-0.25, -0.2) is 4.79 Å². The smallest absolute Gasteiger partial charge is 0.317 e. The van der Waals surface area contributed by atoms with Crippen molar-refractivity contribution in [2.45, 2.75) is 44.6 Å². The van der Waals surface area contributed by atoms with Crippen LogP contribution in [0, 0.1) is 0 Å². The summed E-state index contributed by atoms with van der Waals surface area (Å²) in [5.41, 5.74) is 1.42. The molecule has 0 atom stereocenters. The summed E-state index contributed by atoms with van der Waals surface area (Å²) >= 11 is 0. The number of hydrogen-bond donors (Lipinski definition) is 1. The molecule has 3 rings (SSSR count). The maximum absolute atomic E-state index is 12.3. The van der Waals surface area contributed by atoms with Crippen LogP contribution in [0.2, 0.25) is 0 Å². The number of benzene rings is 1. The summed E-state index contributed by atoms with van der Waals surface area (Å²) < 4.78 is 0. The number of amides is 2. The molecule has 0 spiro atoms. The Hall–Kier alpha value is -1.55. The van der Waals surface area contributed by atoms with Gasteiger partial charge >= 0.3 is 6.03 Å². The van der Waals surface area contributed by atoms with Crippen molar-refractivity contribution < 1.29 is 4.79 Å². The second-order valence-corrected chi connectivity index (χ2v) is 6.85. The molecule has 0 bridgehead atoms. The van der Waals surface area contributed by atoms with Gasteiger partial charge in [0.15, 0.2) is 0 Å². The van der Waals surface area contributed by atoms with E-state index >= 15 is 0 Å². The first kappa shape index (κ1) is 16.3. The minimum absolute atomic E-state index is 0.154. The first-order valence-corrected chi connectivity index (χ1v) is 9.13. The Morgan fingerprint density at radius 3 is 2.43 bits per heavy atom. The summed E-state index contributed by atoms with van der Waals surface area (Å²) in [5.74, 6) is 0. The Bertz CT molecular complexity index is 477. The highest BCUT2D eigenvalue weighted by atomic mass is 16.2. The van der Waals surface area contributed by atoms with E-state index in [1.807, 2.05) is 4.90 Å². The number of piperazine rings is 1. The monoisotopic (exact) mass is 315 g/mol. The van der Waals surface area contributed by atoms with Gasteiger partial charge in [-0.15, -0.1) is 0 Å². The molecule has 23 heavy (non-hydrogen) atoms. The average molecular weight is 315 g/mol. The van der Waals surface area contributed by atoms with Gasteiger partial charge < -0.3 is 10.2 Å². The van der Waals surface area contributed by atoms with Crippen molar-refractivity contribution in [1.29, 1.82) is 0 Å². The second kappa shape index (κ2) is 8.34. The quantitative estimate of drug-likeness (QED) is 0.907. The highest BCUT2D eigenvalue weighted by Gasteiger charge is 2.24. The van der Waals surface area contributed by atoms with Gasteiger partial charge in [-0.1, -0.05) is 43.2 Å². The molecule has 1 aromatic carbocycles. The highest BCUT2D eigenvalue weighted by Crippen LogP contribution is 2.18. The van der Waals surface area contributed by atoms with E-state index in [9.17, 15) is 4.79 Å². The second-order valence-electron chi connectivity index (χ2n) is 6.85. The van der Waals surface area contributed by atoms with Crippen molar-refractivity contribution in [1.82, 2.24) is 15.1 Å². The number of nitrogens with zero attached hydrogens (tertiary/aromatic N) is 2. The summed E-state index contributed by atoms with van der Waals surface area (Å²) in [4.78, 5) is 16.7. The van der Waals surface area contributed by atoms with Crippen molar-refractivity contribution >= 4 is 6.03 Å².